The van der Waals surface area contributed by atoms with E-state index in [0.29, 0.717) is 31.4 Å². The molecule has 22 heavy (non-hydrogen) atoms. The average Bonchev–Trinajstić information content (AvgIpc) is 3.08. The van der Waals surface area contributed by atoms with E-state index in [-0.39, 0.29) is 17.9 Å². The third kappa shape index (κ3) is 3.02. The molecule has 0 bridgehead atoms. The molecule has 120 valence electrons. The van der Waals surface area contributed by atoms with Gasteiger partial charge in [0, 0.05) is 32.2 Å². The van der Waals surface area contributed by atoms with Gasteiger partial charge in [0.25, 0.3) is 5.91 Å². The SMILES string of the molecule is CC1CN(C(=O)C2CCCCN2C(=O)c2ccco2)CCN1. The number of piperidine rings is 1. The zero-order valence-corrected chi connectivity index (χ0v) is 13.0. The van der Waals surface area contributed by atoms with E-state index in [1.807, 2.05) is 4.90 Å². The van der Waals surface area contributed by atoms with Crippen LogP contribution in [0.15, 0.2) is 22.8 Å². The van der Waals surface area contributed by atoms with E-state index in [9.17, 15) is 9.59 Å². The van der Waals surface area contributed by atoms with Crippen molar-refractivity contribution < 1.29 is 14.0 Å². The summed E-state index contributed by atoms with van der Waals surface area (Å²) in [6, 6.07) is 3.31. The second-order valence-electron chi connectivity index (χ2n) is 6.13. The van der Waals surface area contributed by atoms with Gasteiger partial charge >= 0.3 is 0 Å². The Balaban J connectivity index is 1.74. The van der Waals surface area contributed by atoms with Crippen LogP contribution in [0.3, 0.4) is 0 Å². The van der Waals surface area contributed by atoms with Crippen molar-refractivity contribution in [3.8, 4) is 0 Å². The first-order valence-corrected chi connectivity index (χ1v) is 8.03. The predicted octanol–water partition coefficient (Wildman–Crippen LogP) is 1.09. The molecule has 2 aliphatic heterocycles. The van der Waals surface area contributed by atoms with E-state index in [2.05, 4.69) is 12.2 Å². The molecule has 0 aliphatic carbocycles. The summed E-state index contributed by atoms with van der Waals surface area (Å²) >= 11 is 0. The number of nitrogens with one attached hydrogen (secondary N) is 1. The molecule has 2 atom stereocenters. The number of nitrogens with zero attached hydrogens (tertiary/aromatic N) is 2. The number of hydrogen-bond acceptors (Lipinski definition) is 4. The minimum atomic E-state index is -0.350. The number of rotatable bonds is 2. The standard InChI is InChI=1S/C16H23N3O3/c1-12-11-18(9-7-17-12)15(20)13-5-2-3-8-19(13)16(21)14-6-4-10-22-14/h4,6,10,12-13,17H,2-3,5,7-9,11H2,1H3. The van der Waals surface area contributed by atoms with Gasteiger partial charge in [-0.05, 0) is 38.3 Å². The molecule has 2 aliphatic rings. The second-order valence-corrected chi connectivity index (χ2v) is 6.13. The summed E-state index contributed by atoms with van der Waals surface area (Å²) in [4.78, 5) is 29.0. The van der Waals surface area contributed by atoms with Gasteiger partial charge in [-0.3, -0.25) is 9.59 Å². The van der Waals surface area contributed by atoms with Gasteiger partial charge in [0.15, 0.2) is 5.76 Å². The van der Waals surface area contributed by atoms with Crippen molar-refractivity contribution in [2.24, 2.45) is 0 Å². The van der Waals surface area contributed by atoms with Gasteiger partial charge in [-0.15, -0.1) is 0 Å². The number of furan rings is 1. The molecule has 1 aromatic rings. The number of piperazine rings is 1. The second kappa shape index (κ2) is 6.52. The van der Waals surface area contributed by atoms with Gasteiger partial charge in [-0.1, -0.05) is 0 Å². The first-order chi connectivity index (χ1) is 10.7. The van der Waals surface area contributed by atoms with E-state index in [1.165, 1.54) is 6.26 Å². The fraction of sp³-hybridized carbons (Fsp3) is 0.625. The van der Waals surface area contributed by atoms with Gasteiger partial charge < -0.3 is 19.5 Å². The molecular formula is C16H23N3O3. The molecule has 3 heterocycles. The first-order valence-electron chi connectivity index (χ1n) is 8.03. The monoisotopic (exact) mass is 305 g/mol. The molecule has 2 amide bonds. The quantitative estimate of drug-likeness (QED) is 0.888. The molecule has 6 nitrogen and oxygen atoms in total. The summed E-state index contributed by atoms with van der Waals surface area (Å²) in [7, 11) is 0. The van der Waals surface area contributed by atoms with Gasteiger partial charge in [0.2, 0.25) is 5.91 Å². The van der Waals surface area contributed by atoms with Crippen LogP contribution in [0.5, 0.6) is 0 Å². The fourth-order valence-corrected chi connectivity index (χ4v) is 3.32. The van der Waals surface area contributed by atoms with Crippen LogP contribution in [0.25, 0.3) is 0 Å². The zero-order valence-electron chi connectivity index (χ0n) is 13.0. The van der Waals surface area contributed by atoms with E-state index in [0.717, 1.165) is 25.8 Å². The number of hydrogen-bond donors (Lipinski definition) is 1. The predicted molar refractivity (Wildman–Crippen MR) is 81.4 cm³/mol. The van der Waals surface area contributed by atoms with E-state index in [4.69, 9.17) is 4.42 Å². The first kappa shape index (κ1) is 15.1. The van der Waals surface area contributed by atoms with E-state index >= 15 is 0 Å². The van der Waals surface area contributed by atoms with Gasteiger partial charge in [0.1, 0.15) is 6.04 Å². The molecule has 0 radical (unpaired) electrons. The number of carbonyl (C=O) groups is 2. The Kier molecular flexibility index (Phi) is 4.47. The summed E-state index contributed by atoms with van der Waals surface area (Å²) in [5, 5.41) is 3.34. The van der Waals surface area contributed by atoms with Gasteiger partial charge in [-0.25, -0.2) is 0 Å². The van der Waals surface area contributed by atoms with Crippen molar-refractivity contribution in [2.75, 3.05) is 26.2 Å². The third-order valence-corrected chi connectivity index (χ3v) is 4.46. The maximum Gasteiger partial charge on any atom is 0.290 e. The normalized spacial score (nSPS) is 26.0. The Hall–Kier alpha value is -1.82. The van der Waals surface area contributed by atoms with Crippen molar-refractivity contribution >= 4 is 11.8 Å². The fourth-order valence-electron chi connectivity index (χ4n) is 3.32. The smallest absolute Gasteiger partial charge is 0.290 e. The van der Waals surface area contributed by atoms with Crippen LogP contribution in [0.4, 0.5) is 0 Å². The van der Waals surface area contributed by atoms with E-state index in [1.54, 1.807) is 17.0 Å². The lowest BCUT2D eigenvalue weighted by Crippen LogP contribution is -2.58. The molecule has 0 aromatic carbocycles. The highest BCUT2D eigenvalue weighted by Gasteiger charge is 2.36. The van der Waals surface area contributed by atoms with Gasteiger partial charge in [-0.2, -0.15) is 0 Å². The summed E-state index contributed by atoms with van der Waals surface area (Å²) in [6.07, 6.45) is 4.16. The molecule has 0 saturated carbocycles. The van der Waals surface area contributed by atoms with Gasteiger partial charge in [0.05, 0.1) is 6.26 Å². The molecular weight excluding hydrogens is 282 g/mol. The van der Waals surface area contributed by atoms with Crippen molar-refractivity contribution in [2.45, 2.75) is 38.3 Å². The van der Waals surface area contributed by atoms with Crippen molar-refractivity contribution in [1.82, 2.24) is 15.1 Å². The number of carbonyl (C=O) groups excluding carboxylic acids is 2. The average molecular weight is 305 g/mol. The van der Waals surface area contributed by atoms with Crippen molar-refractivity contribution in [3.05, 3.63) is 24.2 Å². The lowest BCUT2D eigenvalue weighted by molar-refractivity contribution is -0.138. The van der Waals surface area contributed by atoms with Crippen LogP contribution >= 0.6 is 0 Å². The molecule has 2 saturated heterocycles. The molecule has 1 aromatic heterocycles. The topological polar surface area (TPSA) is 65.8 Å². The van der Waals surface area contributed by atoms with Crippen LogP contribution in [0.2, 0.25) is 0 Å². The Morgan fingerprint density at radius 3 is 2.91 bits per heavy atom. The maximum absolute atomic E-state index is 12.9. The Morgan fingerprint density at radius 2 is 2.18 bits per heavy atom. The summed E-state index contributed by atoms with van der Waals surface area (Å²) in [6.45, 7) is 4.93. The van der Waals surface area contributed by atoms with Crippen LogP contribution in [0, 0.1) is 0 Å². The number of amides is 2. The largest absolute Gasteiger partial charge is 0.459 e. The highest BCUT2D eigenvalue weighted by atomic mass is 16.3. The highest BCUT2D eigenvalue weighted by molar-refractivity contribution is 5.95. The molecule has 6 heteroatoms. The highest BCUT2D eigenvalue weighted by Crippen LogP contribution is 2.22. The Labute approximate surface area is 130 Å². The minimum Gasteiger partial charge on any atom is -0.459 e. The summed E-state index contributed by atoms with van der Waals surface area (Å²) < 4.78 is 5.21. The maximum atomic E-state index is 12.9. The van der Waals surface area contributed by atoms with Crippen molar-refractivity contribution in [1.29, 1.82) is 0 Å². The van der Waals surface area contributed by atoms with Crippen LogP contribution in [-0.2, 0) is 4.79 Å². The molecule has 1 N–H and O–H groups in total. The van der Waals surface area contributed by atoms with Crippen LogP contribution in [0.1, 0.15) is 36.7 Å². The molecule has 2 fully saturated rings. The third-order valence-electron chi connectivity index (χ3n) is 4.46. The summed E-state index contributed by atoms with van der Waals surface area (Å²) in [5.74, 6) is 0.215. The van der Waals surface area contributed by atoms with Crippen molar-refractivity contribution in [3.63, 3.8) is 0 Å². The van der Waals surface area contributed by atoms with Crippen LogP contribution in [-0.4, -0.2) is 59.9 Å². The molecule has 3 rings (SSSR count). The summed E-state index contributed by atoms with van der Waals surface area (Å²) in [5.41, 5.74) is 0. The molecule has 0 spiro atoms. The van der Waals surface area contributed by atoms with E-state index < -0.39 is 0 Å². The Bertz CT molecular complexity index is 529. The zero-order chi connectivity index (χ0) is 15.5. The Morgan fingerprint density at radius 1 is 1.32 bits per heavy atom. The lowest BCUT2D eigenvalue weighted by Gasteiger charge is -2.39. The minimum absolute atomic E-state index is 0.0768. The van der Waals surface area contributed by atoms with Crippen LogP contribution < -0.4 is 5.32 Å². The lowest BCUT2D eigenvalue weighted by atomic mass is 9.99. The number of likely N-dealkylation sites (tertiary alicyclic amines) is 1. The molecule has 2 unspecified atom stereocenters.